The van der Waals surface area contributed by atoms with Crippen molar-refractivity contribution in [3.8, 4) is 0 Å². The minimum atomic E-state index is 0.633. The Labute approximate surface area is 105 Å². The van der Waals surface area contributed by atoms with Crippen molar-refractivity contribution in [2.24, 2.45) is 0 Å². The number of anilines is 1. The number of hydrogen-bond acceptors (Lipinski definition) is 3. The fourth-order valence-electron chi connectivity index (χ4n) is 1.91. The first-order valence-corrected chi connectivity index (χ1v) is 6.53. The minimum absolute atomic E-state index is 0.633. The van der Waals surface area contributed by atoms with Crippen molar-refractivity contribution in [1.82, 2.24) is 10.3 Å². The second-order valence-corrected chi connectivity index (χ2v) is 4.62. The number of nitrogens with zero attached hydrogens (tertiary/aromatic N) is 2. The smallest absolute Gasteiger partial charge is 0.127 e. The van der Waals surface area contributed by atoms with Crippen LogP contribution in [0.5, 0.6) is 0 Å². The van der Waals surface area contributed by atoms with E-state index in [9.17, 15) is 0 Å². The van der Waals surface area contributed by atoms with Gasteiger partial charge in [-0.3, -0.25) is 0 Å². The Bertz CT molecular complexity index is 306. The molecule has 1 aromatic heterocycles. The van der Waals surface area contributed by atoms with Crippen molar-refractivity contribution in [1.29, 1.82) is 0 Å². The molecule has 0 radical (unpaired) electrons. The van der Waals surface area contributed by atoms with E-state index in [0.717, 1.165) is 18.8 Å². The molecule has 0 spiro atoms. The zero-order chi connectivity index (χ0) is 12.7. The molecule has 0 saturated carbocycles. The number of rotatable bonds is 7. The molecule has 0 aliphatic rings. The van der Waals surface area contributed by atoms with Gasteiger partial charge in [0.2, 0.25) is 0 Å². The van der Waals surface area contributed by atoms with E-state index in [1.54, 1.807) is 0 Å². The molecule has 0 fully saturated rings. The topological polar surface area (TPSA) is 28.2 Å². The van der Waals surface area contributed by atoms with E-state index in [4.69, 9.17) is 0 Å². The Morgan fingerprint density at radius 2 is 2.06 bits per heavy atom. The van der Waals surface area contributed by atoms with Gasteiger partial charge in [-0.05, 0) is 37.4 Å². The fraction of sp³-hybridized carbons (Fsp3) is 0.643. The average molecular weight is 235 g/mol. The van der Waals surface area contributed by atoms with Gasteiger partial charge in [0.05, 0.1) is 0 Å². The van der Waals surface area contributed by atoms with Crippen molar-refractivity contribution in [2.45, 2.75) is 39.2 Å². The summed E-state index contributed by atoms with van der Waals surface area (Å²) in [6.07, 6.45) is 5.48. The van der Waals surface area contributed by atoms with Crippen LogP contribution in [-0.4, -0.2) is 31.7 Å². The number of hydrogen-bond donors (Lipinski definition) is 1. The molecule has 0 saturated heterocycles. The van der Waals surface area contributed by atoms with E-state index in [0.29, 0.717) is 6.04 Å². The highest BCUT2D eigenvalue weighted by atomic mass is 15.1. The molecule has 0 aliphatic heterocycles. The van der Waals surface area contributed by atoms with Crippen molar-refractivity contribution in [3.05, 3.63) is 23.9 Å². The lowest BCUT2D eigenvalue weighted by atomic mass is 10.0. The minimum Gasteiger partial charge on any atom is -0.363 e. The van der Waals surface area contributed by atoms with E-state index >= 15 is 0 Å². The SMILES string of the molecule is CCNC(CC)CCc1ccc(N(C)C)nc1. The third-order valence-electron chi connectivity index (χ3n) is 3.03. The summed E-state index contributed by atoms with van der Waals surface area (Å²) in [5.41, 5.74) is 1.33. The van der Waals surface area contributed by atoms with Gasteiger partial charge in [0.1, 0.15) is 5.82 Å². The van der Waals surface area contributed by atoms with Crippen LogP contribution in [0.15, 0.2) is 18.3 Å². The summed E-state index contributed by atoms with van der Waals surface area (Å²) in [6, 6.07) is 4.90. The van der Waals surface area contributed by atoms with Gasteiger partial charge in [-0.25, -0.2) is 4.98 Å². The lowest BCUT2D eigenvalue weighted by molar-refractivity contribution is 0.481. The monoisotopic (exact) mass is 235 g/mol. The quantitative estimate of drug-likeness (QED) is 0.787. The number of pyridine rings is 1. The molecule has 0 bridgehead atoms. The number of aromatic nitrogens is 1. The van der Waals surface area contributed by atoms with Gasteiger partial charge < -0.3 is 10.2 Å². The van der Waals surface area contributed by atoms with Crippen molar-refractivity contribution < 1.29 is 0 Å². The molecule has 1 aromatic rings. The molecule has 1 heterocycles. The van der Waals surface area contributed by atoms with E-state index in [-0.39, 0.29) is 0 Å². The molecule has 3 nitrogen and oxygen atoms in total. The lowest BCUT2D eigenvalue weighted by Gasteiger charge is -2.16. The fourth-order valence-corrected chi connectivity index (χ4v) is 1.91. The molecule has 17 heavy (non-hydrogen) atoms. The van der Waals surface area contributed by atoms with Crippen molar-refractivity contribution >= 4 is 5.82 Å². The van der Waals surface area contributed by atoms with Crippen LogP contribution in [0.2, 0.25) is 0 Å². The number of aryl methyl sites for hydroxylation is 1. The van der Waals surface area contributed by atoms with E-state index in [1.165, 1.54) is 18.4 Å². The van der Waals surface area contributed by atoms with Crippen molar-refractivity contribution in [3.63, 3.8) is 0 Å². The van der Waals surface area contributed by atoms with Crippen LogP contribution >= 0.6 is 0 Å². The maximum absolute atomic E-state index is 4.43. The molecule has 0 amide bonds. The second-order valence-electron chi connectivity index (χ2n) is 4.62. The van der Waals surface area contributed by atoms with Crippen molar-refractivity contribution in [2.75, 3.05) is 25.5 Å². The van der Waals surface area contributed by atoms with Gasteiger partial charge in [0, 0.05) is 26.3 Å². The van der Waals surface area contributed by atoms with Crippen LogP contribution in [-0.2, 0) is 6.42 Å². The summed E-state index contributed by atoms with van der Waals surface area (Å²) >= 11 is 0. The highest BCUT2D eigenvalue weighted by molar-refractivity contribution is 5.37. The predicted molar refractivity (Wildman–Crippen MR) is 74.6 cm³/mol. The van der Waals surface area contributed by atoms with E-state index in [1.807, 2.05) is 25.2 Å². The first-order chi connectivity index (χ1) is 8.17. The van der Waals surface area contributed by atoms with Crippen LogP contribution in [0.25, 0.3) is 0 Å². The Balaban J connectivity index is 2.46. The molecule has 1 atom stereocenters. The Morgan fingerprint density at radius 1 is 1.29 bits per heavy atom. The van der Waals surface area contributed by atoms with Gasteiger partial charge in [0.15, 0.2) is 0 Å². The predicted octanol–water partition coefficient (Wildman–Crippen LogP) is 2.47. The molecule has 1 rings (SSSR count). The Kier molecular flexibility index (Phi) is 5.98. The summed E-state index contributed by atoms with van der Waals surface area (Å²) in [5, 5.41) is 3.50. The van der Waals surface area contributed by atoms with Gasteiger partial charge >= 0.3 is 0 Å². The summed E-state index contributed by atoms with van der Waals surface area (Å²) in [5.74, 6) is 1.02. The largest absolute Gasteiger partial charge is 0.363 e. The summed E-state index contributed by atoms with van der Waals surface area (Å²) in [7, 11) is 4.03. The molecule has 1 N–H and O–H groups in total. The second kappa shape index (κ2) is 7.28. The van der Waals surface area contributed by atoms with E-state index in [2.05, 4.69) is 36.3 Å². The molecular formula is C14H25N3. The zero-order valence-corrected chi connectivity index (χ0v) is 11.5. The Morgan fingerprint density at radius 3 is 2.53 bits per heavy atom. The van der Waals surface area contributed by atoms with Crippen LogP contribution < -0.4 is 10.2 Å². The maximum Gasteiger partial charge on any atom is 0.127 e. The Hall–Kier alpha value is -1.09. The molecule has 1 unspecified atom stereocenters. The van der Waals surface area contributed by atoms with Gasteiger partial charge in [0.25, 0.3) is 0 Å². The third kappa shape index (κ3) is 4.73. The molecule has 0 aromatic carbocycles. The molecule has 3 heteroatoms. The highest BCUT2D eigenvalue weighted by Gasteiger charge is 2.05. The van der Waals surface area contributed by atoms with Gasteiger partial charge in [-0.15, -0.1) is 0 Å². The summed E-state index contributed by atoms with van der Waals surface area (Å²) in [6.45, 7) is 5.45. The molecule has 96 valence electrons. The van der Waals surface area contributed by atoms with Crippen LogP contribution in [0.3, 0.4) is 0 Å². The standard InChI is InChI=1S/C14H25N3/c1-5-13(15-6-2)9-7-12-8-10-14(16-11-12)17(3)4/h8,10-11,13,15H,5-7,9H2,1-4H3. The molecule has 0 aliphatic carbocycles. The lowest BCUT2D eigenvalue weighted by Crippen LogP contribution is -2.28. The summed E-state index contributed by atoms with van der Waals surface area (Å²) in [4.78, 5) is 6.46. The van der Waals surface area contributed by atoms with Crippen LogP contribution in [0.1, 0.15) is 32.3 Å². The summed E-state index contributed by atoms with van der Waals surface area (Å²) < 4.78 is 0. The third-order valence-corrected chi connectivity index (χ3v) is 3.03. The number of nitrogens with one attached hydrogen (secondary N) is 1. The van der Waals surface area contributed by atoms with Crippen LogP contribution in [0.4, 0.5) is 5.82 Å². The first-order valence-electron chi connectivity index (χ1n) is 6.53. The first kappa shape index (κ1) is 14.0. The van der Waals surface area contributed by atoms with E-state index < -0.39 is 0 Å². The maximum atomic E-state index is 4.43. The normalized spacial score (nSPS) is 12.5. The molecular weight excluding hydrogens is 210 g/mol. The zero-order valence-electron chi connectivity index (χ0n) is 11.5. The average Bonchev–Trinajstić information content (AvgIpc) is 2.35. The van der Waals surface area contributed by atoms with Crippen LogP contribution in [0, 0.1) is 0 Å². The van der Waals surface area contributed by atoms with Gasteiger partial charge in [-0.2, -0.15) is 0 Å². The van der Waals surface area contributed by atoms with Gasteiger partial charge in [-0.1, -0.05) is 19.9 Å². The highest BCUT2D eigenvalue weighted by Crippen LogP contribution is 2.11.